The Kier molecular flexibility index (Phi) is 6.19. The number of hydrogen-bond donors (Lipinski definition) is 1. The van der Waals surface area contributed by atoms with Crippen molar-refractivity contribution in [2.75, 3.05) is 25.1 Å². The first-order valence-corrected chi connectivity index (χ1v) is 10.2. The minimum Gasteiger partial charge on any atom is -0.351 e. The van der Waals surface area contributed by atoms with Gasteiger partial charge in [-0.25, -0.2) is 12.7 Å². The number of nitrogens with one attached hydrogen (secondary N) is 1. The van der Waals surface area contributed by atoms with Gasteiger partial charge in [0.25, 0.3) is 5.69 Å². The minimum absolute atomic E-state index is 0.00636. The number of rotatable bonds is 6. The van der Waals surface area contributed by atoms with Crippen LogP contribution in [0.4, 0.5) is 5.69 Å². The van der Waals surface area contributed by atoms with E-state index >= 15 is 0 Å². The lowest BCUT2D eigenvalue weighted by Crippen LogP contribution is -2.49. The van der Waals surface area contributed by atoms with Crippen LogP contribution in [0, 0.1) is 10.1 Å². The Morgan fingerprint density at radius 2 is 2.08 bits per heavy atom. The standard InChI is InChI=1S/C14H19N3O5S2/c1-24(21,22)16-8-2-3-11(9-16)15-14(18)10-23-13-6-4-12(5-7-13)17(19)20/h4-7,11H,2-3,8-10H2,1H3,(H,15,18). The second kappa shape index (κ2) is 7.95. The third-order valence-corrected chi connectivity index (χ3v) is 5.92. The second-order valence-corrected chi connectivity index (χ2v) is 8.60. The van der Waals surface area contributed by atoms with Crippen LogP contribution in [0.2, 0.25) is 0 Å². The Labute approximate surface area is 144 Å². The molecule has 0 saturated carbocycles. The van der Waals surface area contributed by atoms with Crippen molar-refractivity contribution in [3.63, 3.8) is 0 Å². The molecule has 1 fully saturated rings. The molecule has 1 amide bonds. The summed E-state index contributed by atoms with van der Waals surface area (Å²) in [5, 5.41) is 13.4. The molecular formula is C14H19N3O5S2. The molecule has 1 aromatic rings. The number of carbonyl (C=O) groups is 1. The van der Waals surface area contributed by atoms with Gasteiger partial charge in [0.2, 0.25) is 15.9 Å². The Bertz CT molecular complexity index is 706. The highest BCUT2D eigenvalue weighted by molar-refractivity contribution is 8.00. The lowest BCUT2D eigenvalue weighted by atomic mass is 10.1. The summed E-state index contributed by atoms with van der Waals surface area (Å²) >= 11 is 1.28. The van der Waals surface area contributed by atoms with E-state index in [1.165, 1.54) is 34.5 Å². The molecule has 1 N–H and O–H groups in total. The van der Waals surface area contributed by atoms with Crippen molar-refractivity contribution in [2.45, 2.75) is 23.8 Å². The third kappa shape index (κ3) is 5.46. The van der Waals surface area contributed by atoms with E-state index < -0.39 is 14.9 Å². The predicted molar refractivity (Wildman–Crippen MR) is 91.4 cm³/mol. The number of thioether (sulfide) groups is 1. The van der Waals surface area contributed by atoms with Crippen molar-refractivity contribution >= 4 is 33.4 Å². The molecule has 1 heterocycles. The van der Waals surface area contributed by atoms with Crippen molar-refractivity contribution in [3.8, 4) is 0 Å². The van der Waals surface area contributed by atoms with Crippen LogP contribution in [0.25, 0.3) is 0 Å². The number of nitro benzene ring substituents is 1. The summed E-state index contributed by atoms with van der Waals surface area (Å²) in [6.07, 6.45) is 2.63. The Balaban J connectivity index is 1.81. The fraction of sp³-hybridized carbons (Fsp3) is 0.500. The topological polar surface area (TPSA) is 110 Å². The van der Waals surface area contributed by atoms with Crippen LogP contribution in [0.1, 0.15) is 12.8 Å². The maximum atomic E-state index is 12.0. The molecule has 8 nitrogen and oxygen atoms in total. The summed E-state index contributed by atoms with van der Waals surface area (Å²) in [4.78, 5) is 22.9. The van der Waals surface area contributed by atoms with Crippen LogP contribution in [0.3, 0.4) is 0 Å². The van der Waals surface area contributed by atoms with E-state index in [0.717, 1.165) is 11.3 Å². The van der Waals surface area contributed by atoms with E-state index in [9.17, 15) is 23.3 Å². The molecule has 1 aliphatic rings. The first-order valence-electron chi connectivity index (χ1n) is 7.37. The van der Waals surface area contributed by atoms with Gasteiger partial charge < -0.3 is 5.32 Å². The maximum Gasteiger partial charge on any atom is 0.269 e. The largest absolute Gasteiger partial charge is 0.351 e. The summed E-state index contributed by atoms with van der Waals surface area (Å²) in [6, 6.07) is 5.80. The van der Waals surface area contributed by atoms with Gasteiger partial charge in [-0.15, -0.1) is 11.8 Å². The number of amides is 1. The Morgan fingerprint density at radius 3 is 2.67 bits per heavy atom. The zero-order chi connectivity index (χ0) is 17.7. The molecule has 1 aliphatic heterocycles. The number of piperidine rings is 1. The highest BCUT2D eigenvalue weighted by Crippen LogP contribution is 2.21. The number of benzene rings is 1. The predicted octanol–water partition coefficient (Wildman–Crippen LogP) is 1.23. The van der Waals surface area contributed by atoms with Gasteiger partial charge in [0.05, 0.1) is 16.9 Å². The fourth-order valence-electron chi connectivity index (χ4n) is 2.44. The zero-order valence-corrected chi connectivity index (χ0v) is 14.8. The lowest BCUT2D eigenvalue weighted by Gasteiger charge is -2.31. The highest BCUT2D eigenvalue weighted by Gasteiger charge is 2.26. The van der Waals surface area contributed by atoms with E-state index in [1.807, 2.05) is 0 Å². The van der Waals surface area contributed by atoms with E-state index in [4.69, 9.17) is 0 Å². The molecule has 0 aromatic heterocycles. The van der Waals surface area contributed by atoms with Crippen molar-refractivity contribution in [1.82, 2.24) is 9.62 Å². The zero-order valence-electron chi connectivity index (χ0n) is 13.2. The molecule has 0 radical (unpaired) electrons. The molecule has 0 bridgehead atoms. The molecule has 0 aliphatic carbocycles. The lowest BCUT2D eigenvalue weighted by molar-refractivity contribution is -0.384. The normalized spacial score (nSPS) is 19.0. The number of sulfonamides is 1. The average Bonchev–Trinajstić information content (AvgIpc) is 2.53. The minimum atomic E-state index is -3.24. The fourth-order valence-corrected chi connectivity index (χ4v) is 4.06. The maximum absolute atomic E-state index is 12.0. The molecule has 1 unspecified atom stereocenters. The molecule has 1 saturated heterocycles. The first kappa shape index (κ1) is 18.7. The molecule has 0 spiro atoms. The highest BCUT2D eigenvalue weighted by atomic mass is 32.2. The van der Waals surface area contributed by atoms with Gasteiger partial charge in [-0.05, 0) is 25.0 Å². The number of nitrogens with zero attached hydrogens (tertiary/aromatic N) is 2. The molecule has 2 rings (SSSR count). The SMILES string of the molecule is CS(=O)(=O)N1CCCC(NC(=O)CSc2ccc([N+](=O)[O-])cc2)C1. The first-order chi connectivity index (χ1) is 11.3. The van der Waals surface area contributed by atoms with Gasteiger partial charge in [0.1, 0.15) is 0 Å². The molecule has 1 atom stereocenters. The van der Waals surface area contributed by atoms with E-state index in [0.29, 0.717) is 19.5 Å². The summed E-state index contributed by atoms with van der Waals surface area (Å²) in [6.45, 7) is 0.787. The van der Waals surface area contributed by atoms with E-state index in [1.54, 1.807) is 12.1 Å². The Morgan fingerprint density at radius 1 is 1.42 bits per heavy atom. The van der Waals surface area contributed by atoms with Crippen LogP contribution >= 0.6 is 11.8 Å². The number of carbonyl (C=O) groups excluding carboxylic acids is 1. The van der Waals surface area contributed by atoms with Crippen molar-refractivity contribution in [2.24, 2.45) is 0 Å². The summed E-state index contributed by atoms with van der Waals surface area (Å²) < 4.78 is 24.5. The van der Waals surface area contributed by atoms with Crippen LogP contribution in [0.5, 0.6) is 0 Å². The summed E-state index contributed by atoms with van der Waals surface area (Å²) in [5.74, 6) is -0.00796. The molecule has 1 aromatic carbocycles. The van der Waals surface area contributed by atoms with Crippen LogP contribution < -0.4 is 5.32 Å². The second-order valence-electron chi connectivity index (χ2n) is 5.57. The van der Waals surface area contributed by atoms with Gasteiger partial charge >= 0.3 is 0 Å². The Hall–Kier alpha value is -1.65. The van der Waals surface area contributed by atoms with Crippen LogP contribution in [0.15, 0.2) is 29.2 Å². The smallest absolute Gasteiger partial charge is 0.269 e. The quantitative estimate of drug-likeness (QED) is 0.456. The monoisotopic (exact) mass is 373 g/mol. The van der Waals surface area contributed by atoms with Crippen LogP contribution in [-0.2, 0) is 14.8 Å². The molecular weight excluding hydrogens is 354 g/mol. The van der Waals surface area contributed by atoms with Crippen LogP contribution in [-0.4, -0.2) is 54.7 Å². The van der Waals surface area contributed by atoms with Gasteiger partial charge in [-0.1, -0.05) is 0 Å². The number of nitro groups is 1. The van der Waals surface area contributed by atoms with E-state index in [2.05, 4.69) is 5.32 Å². The van der Waals surface area contributed by atoms with Gasteiger partial charge in [-0.2, -0.15) is 0 Å². The number of hydrogen-bond acceptors (Lipinski definition) is 6. The molecule has 10 heteroatoms. The third-order valence-electron chi connectivity index (χ3n) is 3.64. The van der Waals surface area contributed by atoms with Gasteiger partial charge in [0, 0.05) is 36.2 Å². The van der Waals surface area contributed by atoms with Crippen molar-refractivity contribution < 1.29 is 18.1 Å². The summed E-state index contributed by atoms with van der Waals surface area (Å²) in [5.41, 5.74) is 0.00636. The molecule has 132 valence electrons. The molecule has 24 heavy (non-hydrogen) atoms. The average molecular weight is 373 g/mol. The number of non-ortho nitro benzene ring substituents is 1. The van der Waals surface area contributed by atoms with E-state index in [-0.39, 0.29) is 23.4 Å². The van der Waals surface area contributed by atoms with Crippen molar-refractivity contribution in [1.29, 1.82) is 0 Å². The van der Waals surface area contributed by atoms with Crippen molar-refractivity contribution in [3.05, 3.63) is 34.4 Å². The van der Waals surface area contributed by atoms with Gasteiger partial charge in [-0.3, -0.25) is 14.9 Å². The van der Waals surface area contributed by atoms with Gasteiger partial charge in [0.15, 0.2) is 0 Å². The summed E-state index contributed by atoms with van der Waals surface area (Å²) in [7, 11) is -3.24.